The van der Waals surface area contributed by atoms with Crippen molar-refractivity contribution in [2.45, 2.75) is 13.5 Å². The molecule has 3 aromatic rings. The number of hydrogen-bond acceptors (Lipinski definition) is 6. The van der Waals surface area contributed by atoms with Crippen molar-refractivity contribution in [1.82, 2.24) is 15.0 Å². The van der Waals surface area contributed by atoms with E-state index in [9.17, 15) is 9.59 Å². The molecule has 0 radical (unpaired) electrons. The smallest absolute Gasteiger partial charge is 0.328 e. The van der Waals surface area contributed by atoms with Crippen LogP contribution in [0.5, 0.6) is 5.75 Å². The van der Waals surface area contributed by atoms with E-state index in [1.165, 1.54) is 4.68 Å². The summed E-state index contributed by atoms with van der Waals surface area (Å²) in [5, 5.41) is 7.88. The van der Waals surface area contributed by atoms with Gasteiger partial charge < -0.3 is 9.47 Å². The van der Waals surface area contributed by atoms with E-state index in [-0.39, 0.29) is 18.9 Å². The van der Waals surface area contributed by atoms with Gasteiger partial charge in [0.05, 0.1) is 12.1 Å². The van der Waals surface area contributed by atoms with Crippen LogP contribution in [0.15, 0.2) is 48.5 Å². The van der Waals surface area contributed by atoms with E-state index in [2.05, 4.69) is 10.3 Å². The summed E-state index contributed by atoms with van der Waals surface area (Å²) in [6.45, 7) is 2.02. The van der Waals surface area contributed by atoms with Gasteiger partial charge in [0.15, 0.2) is 12.4 Å². The van der Waals surface area contributed by atoms with Gasteiger partial charge in [0.1, 0.15) is 17.8 Å². The van der Waals surface area contributed by atoms with Crippen molar-refractivity contribution < 1.29 is 19.1 Å². The Kier molecular flexibility index (Phi) is 5.03. The maximum Gasteiger partial charge on any atom is 0.328 e. The number of hydrogen-bond donors (Lipinski definition) is 0. The molecule has 1 aromatic heterocycles. The number of fused-ring (bicyclic) bond motifs is 1. The van der Waals surface area contributed by atoms with E-state index in [1.54, 1.807) is 30.3 Å². The third-order valence-electron chi connectivity index (χ3n) is 3.55. The molecule has 0 aliphatic heterocycles. The van der Waals surface area contributed by atoms with Gasteiger partial charge in [-0.3, -0.25) is 9.59 Å². The lowest BCUT2D eigenvalue weighted by Crippen LogP contribution is -2.19. The van der Waals surface area contributed by atoms with Crippen LogP contribution in [0, 0.1) is 0 Å². The summed E-state index contributed by atoms with van der Waals surface area (Å²) in [6, 6.07) is 14.0. The normalized spacial score (nSPS) is 10.6. The van der Waals surface area contributed by atoms with E-state index in [0.29, 0.717) is 23.4 Å². The number of ether oxygens (including phenoxy) is 2. The molecule has 1 heterocycles. The summed E-state index contributed by atoms with van der Waals surface area (Å²) in [4.78, 5) is 24.0. The molecule has 0 spiro atoms. The fourth-order valence-corrected chi connectivity index (χ4v) is 2.34. The molecule has 0 aliphatic carbocycles. The first-order valence-electron chi connectivity index (χ1n) is 7.87. The van der Waals surface area contributed by atoms with Crippen molar-refractivity contribution in [3.63, 3.8) is 0 Å². The van der Waals surface area contributed by atoms with Crippen LogP contribution >= 0.6 is 0 Å². The second kappa shape index (κ2) is 7.57. The maximum atomic E-state index is 12.1. The fourth-order valence-electron chi connectivity index (χ4n) is 2.34. The zero-order valence-corrected chi connectivity index (χ0v) is 13.7. The number of carbonyl (C=O) groups is 2. The van der Waals surface area contributed by atoms with Crippen molar-refractivity contribution in [2.24, 2.45) is 0 Å². The molecule has 0 saturated heterocycles. The highest BCUT2D eigenvalue weighted by Gasteiger charge is 2.13. The van der Waals surface area contributed by atoms with Crippen LogP contribution in [0.3, 0.4) is 0 Å². The molecular formula is C18H17N3O4. The van der Waals surface area contributed by atoms with Crippen molar-refractivity contribution in [3.8, 4) is 5.75 Å². The molecule has 0 saturated carbocycles. The Balaban J connectivity index is 1.55. The number of carbonyl (C=O) groups excluding carboxylic acids is 2. The molecule has 7 heteroatoms. The van der Waals surface area contributed by atoms with Crippen LogP contribution in [-0.2, 0) is 16.1 Å². The Labute approximate surface area is 144 Å². The maximum absolute atomic E-state index is 12.1. The van der Waals surface area contributed by atoms with Gasteiger partial charge in [-0.1, -0.05) is 17.3 Å². The highest BCUT2D eigenvalue weighted by atomic mass is 16.5. The van der Waals surface area contributed by atoms with Crippen LogP contribution in [0.4, 0.5) is 0 Å². The Morgan fingerprint density at radius 1 is 1.08 bits per heavy atom. The summed E-state index contributed by atoms with van der Waals surface area (Å²) in [5.74, 6) is -0.135. The van der Waals surface area contributed by atoms with Crippen molar-refractivity contribution in [3.05, 3.63) is 54.1 Å². The van der Waals surface area contributed by atoms with Gasteiger partial charge in [-0.25, -0.2) is 4.68 Å². The van der Waals surface area contributed by atoms with Gasteiger partial charge >= 0.3 is 5.97 Å². The summed E-state index contributed by atoms with van der Waals surface area (Å²) in [6.07, 6.45) is 0. The summed E-state index contributed by atoms with van der Waals surface area (Å²) in [7, 11) is 0. The largest absolute Gasteiger partial charge is 0.494 e. The topological polar surface area (TPSA) is 83.3 Å². The Morgan fingerprint density at radius 3 is 2.60 bits per heavy atom. The van der Waals surface area contributed by atoms with Gasteiger partial charge in [0, 0.05) is 5.56 Å². The quantitative estimate of drug-likeness (QED) is 0.485. The predicted molar refractivity (Wildman–Crippen MR) is 90.4 cm³/mol. The van der Waals surface area contributed by atoms with E-state index in [4.69, 9.17) is 9.47 Å². The van der Waals surface area contributed by atoms with Gasteiger partial charge in [-0.05, 0) is 43.3 Å². The molecule has 7 nitrogen and oxygen atoms in total. The predicted octanol–water partition coefficient (Wildman–Crippen LogP) is 2.26. The van der Waals surface area contributed by atoms with E-state index >= 15 is 0 Å². The minimum atomic E-state index is -0.546. The number of aromatic nitrogens is 3. The number of ketones is 1. The molecule has 0 unspecified atom stereocenters. The molecule has 0 bridgehead atoms. The SMILES string of the molecule is CCOc1ccc(C(=O)COC(=O)Cn2nnc3ccccc32)cc1. The van der Waals surface area contributed by atoms with Crippen LogP contribution in [0.1, 0.15) is 17.3 Å². The standard InChI is InChI=1S/C18H17N3O4/c1-2-24-14-9-7-13(8-10-14)17(22)12-25-18(23)11-21-16-6-4-3-5-15(16)19-20-21/h3-10H,2,11-12H2,1H3. The number of nitrogens with zero attached hydrogens (tertiary/aromatic N) is 3. The molecule has 3 rings (SSSR count). The fraction of sp³-hybridized carbons (Fsp3) is 0.222. The lowest BCUT2D eigenvalue weighted by molar-refractivity contribution is -0.143. The second-order valence-electron chi connectivity index (χ2n) is 5.28. The molecule has 0 atom stereocenters. The van der Waals surface area contributed by atoms with Gasteiger partial charge in [-0.15, -0.1) is 5.10 Å². The molecule has 0 N–H and O–H groups in total. The van der Waals surface area contributed by atoms with Gasteiger partial charge in [-0.2, -0.15) is 0 Å². The lowest BCUT2D eigenvalue weighted by Gasteiger charge is -2.06. The van der Waals surface area contributed by atoms with E-state index in [1.807, 2.05) is 25.1 Å². The summed E-state index contributed by atoms with van der Waals surface area (Å²) in [5.41, 5.74) is 1.89. The highest BCUT2D eigenvalue weighted by Crippen LogP contribution is 2.13. The first-order valence-corrected chi connectivity index (χ1v) is 7.87. The first-order chi connectivity index (χ1) is 12.2. The summed E-state index contributed by atoms with van der Waals surface area (Å²) >= 11 is 0. The molecule has 0 aliphatic rings. The average Bonchev–Trinajstić information content (AvgIpc) is 3.04. The minimum Gasteiger partial charge on any atom is -0.494 e. The van der Waals surface area contributed by atoms with Crippen LogP contribution < -0.4 is 4.74 Å². The minimum absolute atomic E-state index is 0.100. The molecule has 2 aromatic carbocycles. The van der Waals surface area contributed by atoms with Crippen molar-refractivity contribution in [2.75, 3.05) is 13.2 Å². The van der Waals surface area contributed by atoms with Crippen LogP contribution in [0.25, 0.3) is 11.0 Å². The monoisotopic (exact) mass is 339 g/mol. The van der Waals surface area contributed by atoms with Gasteiger partial charge in [0.2, 0.25) is 0 Å². The Bertz CT molecular complexity index is 887. The zero-order chi connectivity index (χ0) is 17.6. The highest BCUT2D eigenvalue weighted by molar-refractivity contribution is 5.98. The third kappa shape index (κ3) is 4.00. The summed E-state index contributed by atoms with van der Waals surface area (Å²) < 4.78 is 11.8. The van der Waals surface area contributed by atoms with Crippen molar-refractivity contribution in [1.29, 1.82) is 0 Å². The average molecular weight is 339 g/mol. The third-order valence-corrected chi connectivity index (χ3v) is 3.55. The number of Topliss-reactive ketones (excluding diaryl/α,β-unsaturated/α-hetero) is 1. The molecule has 128 valence electrons. The molecule has 0 fully saturated rings. The van der Waals surface area contributed by atoms with Crippen LogP contribution in [0.2, 0.25) is 0 Å². The number of rotatable bonds is 7. The number of esters is 1. The molecular weight excluding hydrogens is 322 g/mol. The zero-order valence-electron chi connectivity index (χ0n) is 13.7. The van der Waals surface area contributed by atoms with Crippen LogP contribution in [-0.4, -0.2) is 40.0 Å². The van der Waals surface area contributed by atoms with Gasteiger partial charge in [0.25, 0.3) is 0 Å². The second-order valence-corrected chi connectivity index (χ2v) is 5.28. The number of para-hydroxylation sites is 1. The lowest BCUT2D eigenvalue weighted by atomic mass is 10.1. The van der Waals surface area contributed by atoms with E-state index in [0.717, 1.165) is 5.52 Å². The van der Waals surface area contributed by atoms with E-state index < -0.39 is 5.97 Å². The Morgan fingerprint density at radius 2 is 1.84 bits per heavy atom. The molecule has 25 heavy (non-hydrogen) atoms. The first kappa shape index (κ1) is 16.6. The molecule has 0 amide bonds. The van der Waals surface area contributed by atoms with Crippen molar-refractivity contribution >= 4 is 22.8 Å². The Hall–Kier alpha value is -3.22. The number of benzene rings is 2.